The quantitative estimate of drug-likeness (QED) is 0.505. The van der Waals surface area contributed by atoms with E-state index in [1.54, 1.807) is 12.3 Å². The minimum Gasteiger partial charge on any atom is -0.482 e. The molecule has 2 bridgehead atoms. The van der Waals surface area contributed by atoms with E-state index in [4.69, 9.17) is 14.9 Å². The second-order valence-corrected chi connectivity index (χ2v) is 7.23. The van der Waals surface area contributed by atoms with Crippen LogP contribution in [0.4, 0.5) is 10.2 Å². The molecule has 0 fully saturated rings. The predicted octanol–water partition coefficient (Wildman–Crippen LogP) is 4.39. The lowest BCUT2D eigenvalue weighted by Gasteiger charge is -2.20. The minimum absolute atomic E-state index is 0.270. The first-order valence-corrected chi connectivity index (χ1v) is 9.74. The summed E-state index contributed by atoms with van der Waals surface area (Å²) < 4.78 is 27.9. The summed E-state index contributed by atoms with van der Waals surface area (Å²) in [6.07, 6.45) is 4.93. The molecule has 8 heteroatoms. The van der Waals surface area contributed by atoms with Crippen molar-refractivity contribution < 1.29 is 13.5 Å². The fraction of sp³-hybridized carbons (Fsp3) is 0.227. The Balaban J connectivity index is 1.79. The number of benzene rings is 1. The number of fused-ring (bicyclic) bond motifs is 7. The van der Waals surface area contributed by atoms with Gasteiger partial charge >= 0.3 is 0 Å². The highest BCUT2D eigenvalue weighted by molar-refractivity contribution is 5.70. The van der Waals surface area contributed by atoms with Crippen molar-refractivity contribution in [2.45, 2.75) is 32.9 Å². The van der Waals surface area contributed by atoms with Crippen LogP contribution >= 0.6 is 0 Å². The number of oxazole rings is 1. The molecule has 30 heavy (non-hydrogen) atoms. The number of hydrogen-bond donors (Lipinski definition) is 1. The maximum atomic E-state index is 14.1. The van der Waals surface area contributed by atoms with Gasteiger partial charge in [-0.3, -0.25) is 4.68 Å². The van der Waals surface area contributed by atoms with Crippen LogP contribution in [0.15, 0.2) is 47.5 Å². The lowest BCUT2D eigenvalue weighted by molar-refractivity contribution is 0.227. The highest BCUT2D eigenvalue weighted by Crippen LogP contribution is 2.38. The molecule has 0 radical (unpaired) electrons. The summed E-state index contributed by atoms with van der Waals surface area (Å²) in [5, 5.41) is 4.52. The van der Waals surface area contributed by atoms with Gasteiger partial charge in [-0.25, -0.2) is 14.4 Å². The van der Waals surface area contributed by atoms with E-state index in [-0.39, 0.29) is 11.6 Å². The largest absolute Gasteiger partial charge is 0.482 e. The average molecular weight is 405 g/mol. The van der Waals surface area contributed by atoms with E-state index in [2.05, 4.69) is 15.1 Å². The highest BCUT2D eigenvalue weighted by atomic mass is 19.1. The van der Waals surface area contributed by atoms with Crippen LogP contribution in [0.3, 0.4) is 0 Å². The van der Waals surface area contributed by atoms with E-state index in [9.17, 15) is 4.39 Å². The fourth-order valence-electron chi connectivity index (χ4n) is 3.93. The Bertz CT molecular complexity index is 1250. The molecule has 0 amide bonds. The third kappa shape index (κ3) is 2.92. The van der Waals surface area contributed by atoms with Crippen LogP contribution in [0, 0.1) is 5.82 Å². The van der Waals surface area contributed by atoms with E-state index in [1.165, 1.54) is 18.5 Å². The van der Waals surface area contributed by atoms with E-state index in [0.29, 0.717) is 35.7 Å². The van der Waals surface area contributed by atoms with Gasteiger partial charge in [0.05, 0.1) is 11.9 Å². The monoisotopic (exact) mass is 405 g/mol. The number of hydrogen-bond acceptors (Lipinski definition) is 6. The number of nitrogen functional groups attached to an aromatic ring is 1. The molecule has 4 heterocycles. The van der Waals surface area contributed by atoms with Crippen LogP contribution in [0.5, 0.6) is 5.75 Å². The molecule has 152 valence electrons. The van der Waals surface area contributed by atoms with Gasteiger partial charge in [-0.2, -0.15) is 5.10 Å². The first-order chi connectivity index (χ1) is 14.5. The Labute approximate surface area is 172 Å². The fourth-order valence-corrected chi connectivity index (χ4v) is 3.93. The molecule has 0 saturated heterocycles. The molecular weight excluding hydrogens is 385 g/mol. The van der Waals surface area contributed by atoms with Crippen molar-refractivity contribution >= 4 is 5.82 Å². The lowest BCUT2D eigenvalue weighted by Crippen LogP contribution is -2.10. The zero-order valence-corrected chi connectivity index (χ0v) is 16.6. The van der Waals surface area contributed by atoms with Crippen LogP contribution in [-0.4, -0.2) is 19.7 Å². The standard InChI is InChI=1S/C22H20FN5O2/c1-3-28-21-13-7-19(22(24)25-9-13)30-12(2)17-8-15(23)4-5-16(17)20-18(29-11-26-20)6-14(21)10-27-28/h4-5,7-12H,3,6H2,1-2H3,(H2,24,25). The van der Waals surface area contributed by atoms with Crippen molar-refractivity contribution in [3.8, 4) is 28.3 Å². The second kappa shape index (κ2) is 6.98. The van der Waals surface area contributed by atoms with Crippen molar-refractivity contribution in [1.82, 2.24) is 19.7 Å². The van der Waals surface area contributed by atoms with Gasteiger partial charge in [0.25, 0.3) is 0 Å². The Morgan fingerprint density at radius 1 is 1.23 bits per heavy atom. The third-order valence-electron chi connectivity index (χ3n) is 5.37. The number of nitrogens with two attached hydrogens (primary N) is 1. The number of nitrogens with zero attached hydrogens (tertiary/aromatic N) is 4. The molecule has 1 unspecified atom stereocenters. The van der Waals surface area contributed by atoms with Gasteiger partial charge in [0.1, 0.15) is 23.4 Å². The smallest absolute Gasteiger partial charge is 0.181 e. The zero-order valence-electron chi connectivity index (χ0n) is 16.6. The first kappa shape index (κ1) is 18.4. The molecule has 7 nitrogen and oxygen atoms in total. The van der Waals surface area contributed by atoms with Crippen LogP contribution < -0.4 is 10.5 Å². The maximum absolute atomic E-state index is 14.1. The Morgan fingerprint density at radius 3 is 2.93 bits per heavy atom. The third-order valence-corrected chi connectivity index (χ3v) is 5.37. The van der Waals surface area contributed by atoms with Crippen molar-refractivity contribution in [2.75, 3.05) is 5.73 Å². The number of anilines is 1. The number of aryl methyl sites for hydroxylation is 1. The van der Waals surface area contributed by atoms with Crippen molar-refractivity contribution in [3.63, 3.8) is 0 Å². The summed E-state index contributed by atoms with van der Waals surface area (Å²) in [6, 6.07) is 6.42. The molecule has 0 spiro atoms. The van der Waals surface area contributed by atoms with Gasteiger partial charge in [-0.1, -0.05) is 0 Å². The van der Waals surface area contributed by atoms with E-state index >= 15 is 0 Å². The van der Waals surface area contributed by atoms with Crippen LogP contribution in [0.2, 0.25) is 0 Å². The summed E-state index contributed by atoms with van der Waals surface area (Å²) in [5.74, 6) is 1.03. The predicted molar refractivity (Wildman–Crippen MR) is 109 cm³/mol. The Kier molecular flexibility index (Phi) is 4.27. The number of rotatable bonds is 1. The van der Waals surface area contributed by atoms with Gasteiger partial charge in [0.15, 0.2) is 18.0 Å². The van der Waals surface area contributed by atoms with Crippen LogP contribution in [0.1, 0.15) is 36.8 Å². The van der Waals surface area contributed by atoms with Gasteiger partial charge in [0.2, 0.25) is 0 Å². The number of halogens is 1. The molecule has 1 atom stereocenters. The molecule has 1 aromatic carbocycles. The van der Waals surface area contributed by atoms with Gasteiger partial charge < -0.3 is 14.9 Å². The van der Waals surface area contributed by atoms with E-state index in [1.807, 2.05) is 30.8 Å². The normalized spacial score (nSPS) is 15.2. The topological polar surface area (TPSA) is 92.0 Å². The van der Waals surface area contributed by atoms with E-state index < -0.39 is 6.10 Å². The highest BCUT2D eigenvalue weighted by Gasteiger charge is 2.24. The summed E-state index contributed by atoms with van der Waals surface area (Å²) in [5.41, 5.74) is 10.9. The lowest BCUT2D eigenvalue weighted by atomic mass is 9.96. The number of pyridine rings is 1. The molecule has 4 aromatic rings. The molecule has 1 aliphatic rings. The minimum atomic E-state index is -0.491. The van der Waals surface area contributed by atoms with Crippen LogP contribution in [-0.2, 0) is 13.0 Å². The van der Waals surface area contributed by atoms with Gasteiger partial charge in [0, 0.05) is 41.4 Å². The summed E-state index contributed by atoms with van der Waals surface area (Å²) >= 11 is 0. The Morgan fingerprint density at radius 2 is 2.10 bits per heavy atom. The molecule has 1 aliphatic heterocycles. The van der Waals surface area contributed by atoms with Crippen LogP contribution in [0.25, 0.3) is 22.5 Å². The van der Waals surface area contributed by atoms with Gasteiger partial charge in [-0.15, -0.1) is 0 Å². The Hall–Kier alpha value is -3.68. The average Bonchev–Trinajstić information content (AvgIpc) is 3.36. The van der Waals surface area contributed by atoms with Crippen molar-refractivity contribution in [2.24, 2.45) is 0 Å². The summed E-state index contributed by atoms with van der Waals surface area (Å²) in [4.78, 5) is 8.75. The zero-order chi connectivity index (χ0) is 20.8. The second-order valence-electron chi connectivity index (χ2n) is 7.23. The summed E-state index contributed by atoms with van der Waals surface area (Å²) in [7, 11) is 0. The van der Waals surface area contributed by atoms with Crippen molar-refractivity contribution in [1.29, 1.82) is 0 Å². The SMILES string of the molecule is CCn1ncc2c1-c1cnc(N)c(c1)OC(C)c1cc(F)ccc1-c1ncoc1C2. The molecule has 3 aromatic heterocycles. The van der Waals surface area contributed by atoms with Gasteiger partial charge in [-0.05, 0) is 38.1 Å². The van der Waals surface area contributed by atoms with Crippen molar-refractivity contribution in [3.05, 3.63) is 65.8 Å². The number of ether oxygens (including phenoxy) is 1. The maximum Gasteiger partial charge on any atom is 0.181 e. The van der Waals surface area contributed by atoms with E-state index in [0.717, 1.165) is 22.4 Å². The first-order valence-electron chi connectivity index (χ1n) is 9.74. The molecule has 2 N–H and O–H groups in total. The summed E-state index contributed by atoms with van der Waals surface area (Å²) in [6.45, 7) is 4.56. The molecular formula is C22H20FN5O2. The molecule has 0 aliphatic carbocycles. The number of aromatic nitrogens is 4. The molecule has 0 saturated carbocycles. The molecule has 5 rings (SSSR count).